The minimum atomic E-state index is 0.421. The molecule has 0 saturated heterocycles. The second-order valence-electron chi connectivity index (χ2n) is 5.13. The van der Waals surface area contributed by atoms with Gasteiger partial charge in [-0.15, -0.1) is 0 Å². The Labute approximate surface area is 124 Å². The van der Waals surface area contributed by atoms with Gasteiger partial charge in [0.1, 0.15) is 0 Å². The minimum Gasteiger partial charge on any atom is -0.381 e. The zero-order valence-corrected chi connectivity index (χ0v) is 13.1. The largest absolute Gasteiger partial charge is 0.381 e. The van der Waals surface area contributed by atoms with E-state index in [4.69, 9.17) is 4.74 Å². The Kier molecular flexibility index (Phi) is 9.92. The first-order valence-electron chi connectivity index (χ1n) is 7.62. The van der Waals surface area contributed by atoms with Crippen LogP contribution in [-0.2, 0) is 4.74 Å². The van der Waals surface area contributed by atoms with Gasteiger partial charge in [-0.05, 0) is 17.7 Å². The first kappa shape index (κ1) is 16.6. The Bertz CT molecular complexity index is 299. The van der Waals surface area contributed by atoms with Crippen molar-refractivity contribution in [2.24, 2.45) is 0 Å². The van der Waals surface area contributed by atoms with E-state index in [1.54, 1.807) is 0 Å². The van der Waals surface area contributed by atoms with Gasteiger partial charge >= 0.3 is 0 Å². The number of hydrogen-bond donors (Lipinski definition) is 1. The molecule has 0 aromatic heterocycles. The third-order valence-electron chi connectivity index (χ3n) is 3.45. The lowest BCUT2D eigenvalue weighted by Gasteiger charge is -2.15. The van der Waals surface area contributed by atoms with Crippen molar-refractivity contribution in [1.82, 2.24) is 0 Å². The molecule has 0 radical (unpaired) electrons. The van der Waals surface area contributed by atoms with Crippen LogP contribution in [-0.4, -0.2) is 19.0 Å². The number of hydrogen-bond acceptors (Lipinski definition) is 2. The molecule has 0 aliphatic heterocycles. The van der Waals surface area contributed by atoms with E-state index in [-0.39, 0.29) is 0 Å². The first-order chi connectivity index (χ1) is 9.38. The zero-order valence-electron chi connectivity index (χ0n) is 12.2. The van der Waals surface area contributed by atoms with E-state index < -0.39 is 0 Å². The van der Waals surface area contributed by atoms with Crippen molar-refractivity contribution in [3.8, 4) is 0 Å². The molecule has 0 bridgehead atoms. The van der Waals surface area contributed by atoms with Crippen LogP contribution in [0.25, 0.3) is 0 Å². The Morgan fingerprint density at radius 1 is 1.00 bits per heavy atom. The lowest BCUT2D eigenvalue weighted by molar-refractivity contribution is 0.120. The van der Waals surface area contributed by atoms with Gasteiger partial charge in [-0.3, -0.25) is 0 Å². The summed E-state index contributed by atoms with van der Waals surface area (Å²) in [7, 11) is 0. The van der Waals surface area contributed by atoms with Gasteiger partial charge in [0.15, 0.2) is 0 Å². The highest BCUT2D eigenvalue weighted by molar-refractivity contribution is 7.80. The van der Waals surface area contributed by atoms with Crippen LogP contribution < -0.4 is 0 Å². The van der Waals surface area contributed by atoms with E-state index in [2.05, 4.69) is 49.9 Å². The van der Waals surface area contributed by atoms with Gasteiger partial charge in [-0.25, -0.2) is 0 Å². The maximum absolute atomic E-state index is 5.80. The summed E-state index contributed by atoms with van der Waals surface area (Å²) in [6.07, 6.45) is 7.91. The molecular formula is C17H28OS. The van der Waals surface area contributed by atoms with Crippen LogP contribution in [0.15, 0.2) is 30.3 Å². The third-order valence-corrected chi connectivity index (χ3v) is 3.89. The lowest BCUT2D eigenvalue weighted by Crippen LogP contribution is -2.10. The van der Waals surface area contributed by atoms with Crippen molar-refractivity contribution in [2.45, 2.75) is 51.4 Å². The SMILES string of the molecule is CCCCCCCCOCC(CS)c1ccccc1. The second-order valence-corrected chi connectivity index (χ2v) is 5.50. The second kappa shape index (κ2) is 11.4. The summed E-state index contributed by atoms with van der Waals surface area (Å²) in [4.78, 5) is 0. The molecule has 108 valence electrons. The summed E-state index contributed by atoms with van der Waals surface area (Å²) in [6, 6.07) is 10.5. The molecule has 0 amide bonds. The maximum atomic E-state index is 5.80. The van der Waals surface area contributed by atoms with Crippen LogP contribution in [0.3, 0.4) is 0 Å². The molecule has 0 aliphatic carbocycles. The minimum absolute atomic E-state index is 0.421. The Morgan fingerprint density at radius 2 is 1.68 bits per heavy atom. The van der Waals surface area contributed by atoms with Crippen molar-refractivity contribution < 1.29 is 4.74 Å². The molecule has 1 atom stereocenters. The van der Waals surface area contributed by atoms with Crippen LogP contribution >= 0.6 is 12.6 Å². The first-order valence-corrected chi connectivity index (χ1v) is 8.25. The summed E-state index contributed by atoms with van der Waals surface area (Å²) in [5.41, 5.74) is 1.33. The van der Waals surface area contributed by atoms with Crippen LogP contribution in [0.1, 0.15) is 56.9 Å². The Balaban J connectivity index is 2.07. The number of rotatable bonds is 11. The summed E-state index contributed by atoms with van der Waals surface area (Å²) in [5, 5.41) is 0. The number of ether oxygens (including phenoxy) is 1. The summed E-state index contributed by atoms with van der Waals surface area (Å²) >= 11 is 4.43. The molecule has 0 N–H and O–H groups in total. The quantitative estimate of drug-likeness (QED) is 0.439. The molecule has 1 unspecified atom stereocenters. The summed E-state index contributed by atoms with van der Waals surface area (Å²) < 4.78 is 5.80. The number of unbranched alkanes of at least 4 members (excludes halogenated alkanes) is 5. The lowest BCUT2D eigenvalue weighted by atomic mass is 10.0. The highest BCUT2D eigenvalue weighted by Gasteiger charge is 2.08. The highest BCUT2D eigenvalue weighted by Crippen LogP contribution is 2.17. The van der Waals surface area contributed by atoms with Crippen LogP contribution in [0, 0.1) is 0 Å². The Hall–Kier alpha value is -0.470. The molecule has 0 saturated carbocycles. The van der Waals surface area contributed by atoms with Crippen LogP contribution in [0.4, 0.5) is 0 Å². The fraction of sp³-hybridized carbons (Fsp3) is 0.647. The predicted molar refractivity (Wildman–Crippen MR) is 87.2 cm³/mol. The molecule has 1 nitrogen and oxygen atoms in total. The molecule has 2 heteroatoms. The maximum Gasteiger partial charge on any atom is 0.0542 e. The highest BCUT2D eigenvalue weighted by atomic mass is 32.1. The molecular weight excluding hydrogens is 252 g/mol. The number of thiol groups is 1. The van der Waals surface area contributed by atoms with Gasteiger partial charge in [0.25, 0.3) is 0 Å². The van der Waals surface area contributed by atoms with Crippen LogP contribution in [0.5, 0.6) is 0 Å². The standard InChI is InChI=1S/C17H28OS/c1-2-3-4-5-6-10-13-18-14-17(15-19)16-11-8-7-9-12-16/h7-9,11-12,17,19H,2-6,10,13-15H2,1H3. The number of benzene rings is 1. The average Bonchev–Trinajstić information content (AvgIpc) is 2.47. The zero-order chi connectivity index (χ0) is 13.8. The average molecular weight is 280 g/mol. The van der Waals surface area contributed by atoms with Gasteiger partial charge in [-0.1, -0.05) is 69.4 Å². The molecule has 0 spiro atoms. The van der Waals surface area contributed by atoms with Crippen molar-refractivity contribution >= 4 is 12.6 Å². The van der Waals surface area contributed by atoms with E-state index in [9.17, 15) is 0 Å². The van der Waals surface area contributed by atoms with E-state index in [1.807, 2.05) is 0 Å². The molecule has 1 rings (SSSR count). The monoisotopic (exact) mass is 280 g/mol. The van der Waals surface area contributed by atoms with E-state index >= 15 is 0 Å². The van der Waals surface area contributed by atoms with Crippen molar-refractivity contribution in [3.63, 3.8) is 0 Å². The van der Waals surface area contributed by atoms with Crippen molar-refractivity contribution in [2.75, 3.05) is 19.0 Å². The van der Waals surface area contributed by atoms with Gasteiger partial charge < -0.3 is 4.74 Å². The summed E-state index contributed by atoms with van der Waals surface area (Å²) in [6.45, 7) is 3.94. The fourth-order valence-corrected chi connectivity index (χ4v) is 2.51. The van der Waals surface area contributed by atoms with Gasteiger partial charge in [0.2, 0.25) is 0 Å². The smallest absolute Gasteiger partial charge is 0.0542 e. The van der Waals surface area contributed by atoms with Gasteiger partial charge in [0, 0.05) is 12.5 Å². The van der Waals surface area contributed by atoms with E-state index in [1.165, 1.54) is 44.1 Å². The molecule has 1 aromatic carbocycles. The summed E-state index contributed by atoms with van der Waals surface area (Å²) in [5.74, 6) is 1.27. The third kappa shape index (κ3) is 7.64. The molecule has 0 fully saturated rings. The molecule has 0 heterocycles. The van der Waals surface area contributed by atoms with E-state index in [0.717, 1.165) is 19.0 Å². The normalized spacial score (nSPS) is 12.5. The topological polar surface area (TPSA) is 9.23 Å². The van der Waals surface area contributed by atoms with E-state index in [0.29, 0.717) is 5.92 Å². The predicted octanol–water partition coefficient (Wildman–Crippen LogP) is 5.08. The fourth-order valence-electron chi connectivity index (χ4n) is 2.19. The van der Waals surface area contributed by atoms with Crippen molar-refractivity contribution in [3.05, 3.63) is 35.9 Å². The molecule has 0 aliphatic rings. The van der Waals surface area contributed by atoms with Crippen LogP contribution in [0.2, 0.25) is 0 Å². The molecule has 19 heavy (non-hydrogen) atoms. The van der Waals surface area contributed by atoms with Gasteiger partial charge in [0.05, 0.1) is 6.61 Å². The van der Waals surface area contributed by atoms with Gasteiger partial charge in [-0.2, -0.15) is 12.6 Å². The molecule has 1 aromatic rings. The van der Waals surface area contributed by atoms with Crippen molar-refractivity contribution in [1.29, 1.82) is 0 Å². The Morgan fingerprint density at radius 3 is 2.37 bits per heavy atom.